The van der Waals surface area contributed by atoms with Crippen LogP contribution in [-0.4, -0.2) is 13.7 Å². The lowest BCUT2D eigenvalue weighted by atomic mass is 9.68. The summed E-state index contributed by atoms with van der Waals surface area (Å²) < 4.78 is 12.1. The van der Waals surface area contributed by atoms with Crippen molar-refractivity contribution in [1.82, 2.24) is 0 Å². The molecule has 2 heterocycles. The van der Waals surface area contributed by atoms with Crippen LogP contribution in [0.15, 0.2) is 72.8 Å². The molecule has 3 nitrogen and oxygen atoms in total. The van der Waals surface area contributed by atoms with Crippen molar-refractivity contribution < 1.29 is 9.47 Å². The molecular formula is C24H22ClNO2. The molecule has 1 saturated heterocycles. The van der Waals surface area contributed by atoms with Crippen LogP contribution < -0.4 is 10.1 Å². The zero-order valence-electron chi connectivity index (χ0n) is 15.7. The second kappa shape index (κ2) is 6.84. The van der Waals surface area contributed by atoms with E-state index in [1.165, 1.54) is 11.1 Å². The lowest BCUT2D eigenvalue weighted by Crippen LogP contribution is -2.43. The molecule has 0 amide bonds. The number of nitrogens with one attached hydrogen (secondary N) is 1. The number of hydrogen-bond acceptors (Lipinski definition) is 3. The lowest BCUT2D eigenvalue weighted by molar-refractivity contribution is 0.00192. The van der Waals surface area contributed by atoms with Crippen molar-refractivity contribution in [2.75, 3.05) is 19.0 Å². The Morgan fingerprint density at radius 2 is 1.82 bits per heavy atom. The second-order valence-electron chi connectivity index (χ2n) is 7.43. The Morgan fingerprint density at radius 3 is 2.57 bits per heavy atom. The first kappa shape index (κ1) is 17.6. The van der Waals surface area contributed by atoms with Gasteiger partial charge in [-0.25, -0.2) is 0 Å². The predicted molar refractivity (Wildman–Crippen MR) is 112 cm³/mol. The molecule has 0 aromatic heterocycles. The molecule has 142 valence electrons. The highest BCUT2D eigenvalue weighted by molar-refractivity contribution is 6.30. The summed E-state index contributed by atoms with van der Waals surface area (Å²) in [5, 5.41) is 4.52. The van der Waals surface area contributed by atoms with E-state index in [9.17, 15) is 0 Å². The van der Waals surface area contributed by atoms with Crippen molar-refractivity contribution in [2.45, 2.75) is 18.1 Å². The zero-order valence-corrected chi connectivity index (χ0v) is 16.4. The highest BCUT2D eigenvalue weighted by Crippen LogP contribution is 2.57. The van der Waals surface area contributed by atoms with Crippen molar-refractivity contribution in [3.05, 3.63) is 94.5 Å². The van der Waals surface area contributed by atoms with Crippen molar-refractivity contribution in [3.8, 4) is 5.75 Å². The predicted octanol–water partition coefficient (Wildman–Crippen LogP) is 5.80. The van der Waals surface area contributed by atoms with Gasteiger partial charge in [0.05, 0.1) is 13.2 Å². The van der Waals surface area contributed by atoms with Crippen LogP contribution in [0.4, 0.5) is 5.69 Å². The minimum absolute atomic E-state index is 0.140. The van der Waals surface area contributed by atoms with E-state index in [1.54, 1.807) is 7.11 Å². The van der Waals surface area contributed by atoms with Gasteiger partial charge in [0, 0.05) is 28.8 Å². The second-order valence-corrected chi connectivity index (χ2v) is 7.87. The van der Waals surface area contributed by atoms with Gasteiger partial charge in [-0.05, 0) is 47.9 Å². The standard InChI is InChI=1S/C24H22ClNO2/c1-27-19-11-12-22-21(15-19)24(17-5-3-2-4-6-17)20(13-14-28-24)23(26-22)16-7-9-18(25)10-8-16/h2-12,15,20,23,26H,13-14H2,1H3/t20-,23-,24-/m0/s1. The summed E-state index contributed by atoms with van der Waals surface area (Å²) in [7, 11) is 1.71. The van der Waals surface area contributed by atoms with Gasteiger partial charge in [-0.1, -0.05) is 54.1 Å². The number of methoxy groups -OCH3 is 1. The van der Waals surface area contributed by atoms with E-state index < -0.39 is 5.60 Å². The summed E-state index contributed by atoms with van der Waals surface area (Å²) in [6, 6.07) is 25.1. The van der Waals surface area contributed by atoms with Gasteiger partial charge in [0.25, 0.3) is 0 Å². The summed E-state index contributed by atoms with van der Waals surface area (Å²) in [5.74, 6) is 1.10. The zero-order chi connectivity index (χ0) is 19.1. The van der Waals surface area contributed by atoms with E-state index in [2.05, 4.69) is 53.8 Å². The Kier molecular flexibility index (Phi) is 4.30. The highest BCUT2D eigenvalue weighted by Gasteiger charge is 2.54. The van der Waals surface area contributed by atoms with Crippen LogP contribution in [0.1, 0.15) is 29.2 Å². The van der Waals surface area contributed by atoms with Gasteiger partial charge in [0.2, 0.25) is 0 Å². The van der Waals surface area contributed by atoms with Crippen LogP contribution >= 0.6 is 11.6 Å². The van der Waals surface area contributed by atoms with Gasteiger partial charge in [-0.3, -0.25) is 0 Å². The number of ether oxygens (including phenoxy) is 2. The molecule has 28 heavy (non-hydrogen) atoms. The van der Waals surface area contributed by atoms with Gasteiger partial charge in [-0.2, -0.15) is 0 Å². The molecule has 3 atom stereocenters. The summed E-state index contributed by atoms with van der Waals surface area (Å²) in [4.78, 5) is 0. The molecule has 0 spiro atoms. The number of anilines is 1. The monoisotopic (exact) mass is 391 g/mol. The molecule has 0 bridgehead atoms. The lowest BCUT2D eigenvalue weighted by Gasteiger charge is -2.45. The maximum Gasteiger partial charge on any atom is 0.125 e. The minimum atomic E-state index is -0.499. The minimum Gasteiger partial charge on any atom is -0.497 e. The Morgan fingerprint density at radius 1 is 1.04 bits per heavy atom. The molecule has 2 aliphatic heterocycles. The first-order valence-electron chi connectivity index (χ1n) is 9.62. The number of hydrogen-bond donors (Lipinski definition) is 1. The Bertz CT molecular complexity index is 989. The first-order chi connectivity index (χ1) is 13.7. The maximum atomic E-state index is 6.61. The Labute approximate surface area is 170 Å². The van der Waals surface area contributed by atoms with Crippen LogP contribution in [0, 0.1) is 5.92 Å². The average Bonchev–Trinajstić information content (AvgIpc) is 3.20. The van der Waals surface area contributed by atoms with E-state index in [-0.39, 0.29) is 12.0 Å². The van der Waals surface area contributed by atoms with E-state index in [1.807, 2.05) is 24.3 Å². The molecule has 0 aliphatic carbocycles. The molecule has 2 aliphatic rings. The summed E-state index contributed by atoms with van der Waals surface area (Å²) in [5.41, 5.74) is 4.14. The highest BCUT2D eigenvalue weighted by atomic mass is 35.5. The number of benzene rings is 3. The van der Waals surface area contributed by atoms with Crippen LogP contribution in [0.2, 0.25) is 5.02 Å². The largest absolute Gasteiger partial charge is 0.497 e. The van der Waals surface area contributed by atoms with Crippen LogP contribution in [0.5, 0.6) is 5.75 Å². The summed E-state index contributed by atoms with van der Waals surface area (Å²) in [6.45, 7) is 0.724. The van der Waals surface area contributed by atoms with Gasteiger partial charge in [0.15, 0.2) is 0 Å². The third-order valence-corrected chi connectivity index (χ3v) is 6.30. The maximum absolute atomic E-state index is 6.61. The average molecular weight is 392 g/mol. The number of fused-ring (bicyclic) bond motifs is 3. The van der Waals surface area contributed by atoms with Crippen molar-refractivity contribution in [3.63, 3.8) is 0 Å². The van der Waals surface area contributed by atoms with E-state index in [0.717, 1.165) is 35.1 Å². The fraction of sp³-hybridized carbons (Fsp3) is 0.250. The fourth-order valence-electron chi connectivity index (χ4n) is 4.81. The summed E-state index contributed by atoms with van der Waals surface area (Å²) in [6.07, 6.45) is 0.978. The molecule has 5 rings (SSSR count). The van der Waals surface area contributed by atoms with Crippen LogP contribution in [0.25, 0.3) is 0 Å². The SMILES string of the molecule is COc1ccc2c(c1)[C@@]1(c3ccccc3)OCC[C@H]1[C@H](c1ccc(Cl)cc1)N2. The van der Waals surface area contributed by atoms with Crippen molar-refractivity contribution >= 4 is 17.3 Å². The third kappa shape index (κ3) is 2.61. The molecule has 0 radical (unpaired) electrons. The van der Waals surface area contributed by atoms with Crippen molar-refractivity contribution in [2.24, 2.45) is 5.92 Å². The molecule has 1 fully saturated rings. The quantitative estimate of drug-likeness (QED) is 0.612. The molecule has 0 saturated carbocycles. The van der Waals surface area contributed by atoms with Gasteiger partial charge in [-0.15, -0.1) is 0 Å². The third-order valence-electron chi connectivity index (χ3n) is 6.05. The molecule has 3 aromatic carbocycles. The summed E-state index contributed by atoms with van der Waals surface area (Å²) >= 11 is 6.14. The van der Waals surface area contributed by atoms with Gasteiger partial charge >= 0.3 is 0 Å². The van der Waals surface area contributed by atoms with E-state index >= 15 is 0 Å². The number of rotatable bonds is 3. The molecule has 3 aromatic rings. The molecule has 4 heteroatoms. The number of halogens is 1. The smallest absolute Gasteiger partial charge is 0.125 e. The van der Waals surface area contributed by atoms with Crippen LogP contribution in [-0.2, 0) is 10.3 Å². The van der Waals surface area contributed by atoms with E-state index in [4.69, 9.17) is 21.1 Å². The van der Waals surface area contributed by atoms with E-state index in [0.29, 0.717) is 0 Å². The van der Waals surface area contributed by atoms with Crippen molar-refractivity contribution in [1.29, 1.82) is 0 Å². The van der Waals surface area contributed by atoms with Gasteiger partial charge in [0.1, 0.15) is 11.4 Å². The topological polar surface area (TPSA) is 30.5 Å². The molecular weight excluding hydrogens is 370 g/mol. The fourth-order valence-corrected chi connectivity index (χ4v) is 4.94. The molecule has 0 unspecified atom stereocenters. The Balaban J connectivity index is 1.73. The van der Waals surface area contributed by atoms with Crippen LogP contribution in [0.3, 0.4) is 0 Å². The molecule has 1 N–H and O–H groups in total. The first-order valence-corrected chi connectivity index (χ1v) is 10.00. The Hall–Kier alpha value is -2.49. The normalized spacial score (nSPS) is 25.5. The van der Waals surface area contributed by atoms with Gasteiger partial charge < -0.3 is 14.8 Å².